The quantitative estimate of drug-likeness (QED) is 0.0796. The summed E-state index contributed by atoms with van der Waals surface area (Å²) in [5.74, 6) is -1.80. The highest BCUT2D eigenvalue weighted by Crippen LogP contribution is 2.11. The molecule has 2 unspecified atom stereocenters. The number of carboxylic acids is 1. The zero-order valence-electron chi connectivity index (χ0n) is 24.1. The average Bonchev–Trinajstić information content (AvgIpc) is 2.83. The number of carbonyl (C=O) groups is 3. The lowest BCUT2D eigenvalue weighted by Gasteiger charge is -2.34. The third-order valence-corrected chi connectivity index (χ3v) is 6.15. The number of carboxylic acid groups (broad SMARTS) is 1. The molecule has 0 aromatic heterocycles. The van der Waals surface area contributed by atoms with Crippen molar-refractivity contribution in [3.05, 3.63) is 12.2 Å². The van der Waals surface area contributed by atoms with Gasteiger partial charge in [0.25, 0.3) is 0 Å². The molecule has 0 aromatic rings. The number of allylic oxidation sites excluding steroid dienone is 2. The molecule has 8 nitrogen and oxygen atoms in total. The zero-order chi connectivity index (χ0) is 27.9. The predicted molar refractivity (Wildman–Crippen MR) is 144 cm³/mol. The molecule has 0 amide bonds. The Morgan fingerprint density at radius 3 is 2.00 bits per heavy atom. The minimum Gasteiger partial charge on any atom is -0.544 e. The molecule has 0 heterocycles. The first-order valence-corrected chi connectivity index (χ1v) is 14.2. The van der Waals surface area contributed by atoms with Crippen molar-refractivity contribution in [3.63, 3.8) is 0 Å². The minimum atomic E-state index is -1.13. The van der Waals surface area contributed by atoms with Crippen LogP contribution in [0.25, 0.3) is 0 Å². The molecule has 0 aliphatic carbocycles. The van der Waals surface area contributed by atoms with Gasteiger partial charge in [0.15, 0.2) is 6.10 Å². The van der Waals surface area contributed by atoms with Crippen LogP contribution < -0.4 is 5.11 Å². The number of aliphatic carboxylic acids is 1. The summed E-state index contributed by atoms with van der Waals surface area (Å²) in [6, 6.07) is -0.718. The number of likely N-dealkylation sites (N-methyl/N-ethyl adjacent to an activating group) is 1. The second-order valence-corrected chi connectivity index (χ2v) is 10.6. The average molecular weight is 528 g/mol. The summed E-state index contributed by atoms with van der Waals surface area (Å²) in [6.07, 6.45) is 16.2. The second-order valence-electron chi connectivity index (χ2n) is 10.6. The summed E-state index contributed by atoms with van der Waals surface area (Å²) in [6.45, 7) is 4.33. The first-order valence-electron chi connectivity index (χ1n) is 14.2. The summed E-state index contributed by atoms with van der Waals surface area (Å²) in [4.78, 5) is 35.7. The molecule has 0 fully saturated rings. The van der Waals surface area contributed by atoms with Crippen LogP contribution in [-0.4, -0.2) is 75.5 Å². The van der Waals surface area contributed by atoms with E-state index in [0.717, 1.165) is 44.9 Å². The summed E-state index contributed by atoms with van der Waals surface area (Å²) in [7, 11) is 5.35. The number of ether oxygens (including phenoxy) is 3. The van der Waals surface area contributed by atoms with Crippen LogP contribution in [0.3, 0.4) is 0 Å². The van der Waals surface area contributed by atoms with Crippen molar-refractivity contribution in [1.29, 1.82) is 0 Å². The zero-order valence-corrected chi connectivity index (χ0v) is 24.1. The lowest BCUT2D eigenvalue weighted by atomic mass is 10.1. The van der Waals surface area contributed by atoms with Gasteiger partial charge in [0.2, 0.25) is 0 Å². The van der Waals surface area contributed by atoms with Crippen molar-refractivity contribution in [2.45, 2.75) is 116 Å². The SMILES string of the molecule is CCCC/C=C\CCCCCCCC(=O)OC(COCCC(C(=O)[O-])[N+](C)(C)C)COC(=O)CCCC. The van der Waals surface area contributed by atoms with E-state index in [4.69, 9.17) is 14.2 Å². The van der Waals surface area contributed by atoms with Gasteiger partial charge in [-0.25, -0.2) is 0 Å². The number of esters is 2. The van der Waals surface area contributed by atoms with E-state index in [2.05, 4.69) is 19.1 Å². The van der Waals surface area contributed by atoms with E-state index >= 15 is 0 Å². The fraction of sp³-hybridized carbons (Fsp3) is 0.828. The molecule has 0 aliphatic rings. The van der Waals surface area contributed by atoms with Gasteiger partial charge in [-0.2, -0.15) is 0 Å². The van der Waals surface area contributed by atoms with E-state index in [-0.39, 0.29) is 42.7 Å². The monoisotopic (exact) mass is 527 g/mol. The fourth-order valence-electron chi connectivity index (χ4n) is 3.79. The molecule has 37 heavy (non-hydrogen) atoms. The first kappa shape index (κ1) is 35.1. The Kier molecular flexibility index (Phi) is 20.9. The Hall–Kier alpha value is -1.93. The summed E-state index contributed by atoms with van der Waals surface area (Å²) >= 11 is 0. The van der Waals surface area contributed by atoms with Crippen LogP contribution in [0, 0.1) is 0 Å². The van der Waals surface area contributed by atoms with Gasteiger partial charge in [-0.15, -0.1) is 0 Å². The molecule has 0 aromatic carbocycles. The van der Waals surface area contributed by atoms with Gasteiger partial charge in [-0.05, 0) is 32.1 Å². The van der Waals surface area contributed by atoms with Crippen LogP contribution in [0.2, 0.25) is 0 Å². The van der Waals surface area contributed by atoms with Crippen molar-refractivity contribution in [2.75, 3.05) is 41.0 Å². The normalized spacial score (nSPS) is 13.4. The summed E-state index contributed by atoms with van der Waals surface area (Å²) in [5.41, 5.74) is 0. The number of hydrogen-bond acceptors (Lipinski definition) is 7. The molecular weight excluding hydrogens is 474 g/mol. The number of carbonyl (C=O) groups excluding carboxylic acids is 3. The number of hydrogen-bond donors (Lipinski definition) is 0. The van der Waals surface area contributed by atoms with E-state index in [1.165, 1.54) is 25.7 Å². The highest BCUT2D eigenvalue weighted by molar-refractivity contribution is 5.70. The van der Waals surface area contributed by atoms with Crippen LogP contribution in [-0.2, 0) is 28.6 Å². The lowest BCUT2D eigenvalue weighted by molar-refractivity contribution is -0.889. The molecule has 216 valence electrons. The summed E-state index contributed by atoms with van der Waals surface area (Å²) in [5, 5.41) is 11.4. The van der Waals surface area contributed by atoms with Gasteiger partial charge in [0.1, 0.15) is 12.6 Å². The van der Waals surface area contributed by atoms with Crippen molar-refractivity contribution >= 4 is 17.9 Å². The van der Waals surface area contributed by atoms with E-state index in [1.54, 1.807) is 21.1 Å². The van der Waals surface area contributed by atoms with Crippen molar-refractivity contribution in [2.24, 2.45) is 0 Å². The van der Waals surface area contributed by atoms with Crippen molar-refractivity contribution in [3.8, 4) is 0 Å². The fourth-order valence-corrected chi connectivity index (χ4v) is 3.79. The molecule has 8 heteroatoms. The lowest BCUT2D eigenvalue weighted by Crippen LogP contribution is -2.55. The van der Waals surface area contributed by atoms with E-state index in [9.17, 15) is 19.5 Å². The molecule has 0 N–H and O–H groups in total. The third-order valence-electron chi connectivity index (χ3n) is 6.15. The van der Waals surface area contributed by atoms with E-state index < -0.39 is 18.1 Å². The Balaban J connectivity index is 4.40. The number of unbranched alkanes of at least 4 members (excludes halogenated alkanes) is 8. The van der Waals surface area contributed by atoms with Gasteiger partial charge >= 0.3 is 11.9 Å². The molecule has 0 saturated heterocycles. The van der Waals surface area contributed by atoms with Gasteiger partial charge in [0, 0.05) is 19.3 Å². The molecular formula is C29H53NO7. The Bertz CT molecular complexity index is 643. The smallest absolute Gasteiger partial charge is 0.306 e. The van der Waals surface area contributed by atoms with Gasteiger partial charge in [-0.1, -0.05) is 64.5 Å². The Morgan fingerprint density at radius 2 is 1.38 bits per heavy atom. The Morgan fingerprint density at radius 1 is 0.784 bits per heavy atom. The maximum atomic E-state index is 12.4. The van der Waals surface area contributed by atoms with Crippen LogP contribution in [0.15, 0.2) is 12.2 Å². The standard InChI is InChI=1S/C29H53NO7/c1-6-8-10-11-12-13-14-15-16-17-18-20-28(32)37-25(24-36-27(31)19-9-7-2)23-35-22-21-26(29(33)34)30(3,4)5/h11-12,25-26H,6-10,13-24H2,1-5H3/b12-11-. The topological polar surface area (TPSA) is 102 Å². The van der Waals surface area contributed by atoms with Crippen LogP contribution in [0.4, 0.5) is 0 Å². The summed E-state index contributed by atoms with van der Waals surface area (Å²) < 4.78 is 16.7. The minimum absolute atomic E-state index is 0.0372. The Labute approximate surface area is 225 Å². The van der Waals surface area contributed by atoms with Crippen molar-refractivity contribution in [1.82, 2.24) is 0 Å². The molecule has 2 atom stereocenters. The number of quaternary nitrogens is 1. The van der Waals surface area contributed by atoms with Crippen LogP contribution in [0.1, 0.15) is 104 Å². The predicted octanol–water partition coefficient (Wildman–Crippen LogP) is 4.34. The molecule has 0 spiro atoms. The van der Waals surface area contributed by atoms with Crippen LogP contribution >= 0.6 is 0 Å². The largest absolute Gasteiger partial charge is 0.544 e. The first-order chi connectivity index (χ1) is 17.6. The van der Waals surface area contributed by atoms with Gasteiger partial charge in [-0.3, -0.25) is 9.59 Å². The maximum Gasteiger partial charge on any atom is 0.306 e. The van der Waals surface area contributed by atoms with Gasteiger partial charge in [0.05, 0.1) is 40.3 Å². The van der Waals surface area contributed by atoms with Crippen LogP contribution in [0.5, 0.6) is 0 Å². The second kappa shape index (κ2) is 22.1. The van der Waals surface area contributed by atoms with E-state index in [1.807, 2.05) is 6.92 Å². The van der Waals surface area contributed by atoms with Gasteiger partial charge < -0.3 is 28.6 Å². The van der Waals surface area contributed by atoms with E-state index in [0.29, 0.717) is 12.8 Å². The number of rotatable bonds is 24. The molecule has 0 aliphatic heterocycles. The van der Waals surface area contributed by atoms with Crippen molar-refractivity contribution < 1.29 is 38.2 Å². The number of nitrogens with zero attached hydrogens (tertiary/aromatic N) is 1. The highest BCUT2D eigenvalue weighted by Gasteiger charge is 2.25. The third kappa shape index (κ3) is 20.8. The molecule has 0 saturated carbocycles. The molecule has 0 radical (unpaired) electrons. The molecule has 0 bridgehead atoms. The maximum absolute atomic E-state index is 12.4. The molecule has 0 rings (SSSR count). The highest BCUT2D eigenvalue weighted by atomic mass is 16.6.